The minimum absolute atomic E-state index is 0.150. The number of carbonyl (C=O) groups is 1. The first kappa shape index (κ1) is 15.6. The van der Waals surface area contributed by atoms with Crippen LogP contribution >= 0.6 is 11.3 Å². The van der Waals surface area contributed by atoms with E-state index in [-0.39, 0.29) is 12.1 Å². The maximum Gasteiger partial charge on any atom is 0.319 e. The lowest BCUT2D eigenvalue weighted by atomic mass is 10.1. The van der Waals surface area contributed by atoms with E-state index in [9.17, 15) is 4.79 Å². The number of hydrogen-bond donors (Lipinski definition) is 2. The van der Waals surface area contributed by atoms with Crippen molar-refractivity contribution in [3.63, 3.8) is 0 Å². The average molecular weight is 346 g/mol. The van der Waals surface area contributed by atoms with Crippen LogP contribution in [0.3, 0.4) is 0 Å². The number of nitrogens with zero attached hydrogens (tertiary/aromatic N) is 2. The smallest absolute Gasteiger partial charge is 0.319 e. The largest absolute Gasteiger partial charge is 0.335 e. The first-order chi connectivity index (χ1) is 11.8. The van der Waals surface area contributed by atoms with Gasteiger partial charge >= 0.3 is 6.03 Å². The van der Waals surface area contributed by atoms with Crippen molar-refractivity contribution in [2.45, 2.75) is 63.3 Å². The predicted molar refractivity (Wildman–Crippen MR) is 93.2 cm³/mol. The number of carbonyl (C=O) groups excluding carboxylic acids is 1. The van der Waals surface area contributed by atoms with Crippen LogP contribution in [-0.4, -0.2) is 22.2 Å². The second-order valence-electron chi connectivity index (χ2n) is 6.68. The Morgan fingerprint density at radius 3 is 2.71 bits per heavy atom. The van der Waals surface area contributed by atoms with Gasteiger partial charge in [-0.3, -0.25) is 0 Å². The number of aromatic nitrogens is 2. The number of thiophene rings is 1. The highest BCUT2D eigenvalue weighted by molar-refractivity contribution is 7.14. The molecule has 0 aromatic carbocycles. The molecule has 2 aliphatic carbocycles. The molecule has 0 atom stereocenters. The van der Waals surface area contributed by atoms with Crippen LogP contribution in [0.1, 0.15) is 63.1 Å². The van der Waals surface area contributed by atoms with Crippen LogP contribution in [0, 0.1) is 0 Å². The SMILES string of the molecule is O=C(Nc1ccsc1-c1nc(C2CC2)no1)NC1CCCCCC1. The number of urea groups is 1. The predicted octanol–water partition coefficient (Wildman–Crippen LogP) is 4.52. The standard InChI is InChI=1S/C17H22N4O2S/c22-17(18-12-5-3-1-2-4-6-12)19-13-9-10-24-14(13)16-20-15(21-23-16)11-7-8-11/h9-12H,1-8H2,(H2,18,19,22). The molecule has 2 aromatic heterocycles. The number of rotatable bonds is 4. The Morgan fingerprint density at radius 2 is 1.96 bits per heavy atom. The van der Waals surface area contributed by atoms with E-state index in [0.29, 0.717) is 11.8 Å². The van der Waals surface area contributed by atoms with Crippen LogP contribution in [0.5, 0.6) is 0 Å². The van der Waals surface area contributed by atoms with Crippen LogP contribution in [0.15, 0.2) is 16.0 Å². The third-order valence-electron chi connectivity index (χ3n) is 4.68. The van der Waals surface area contributed by atoms with Gasteiger partial charge < -0.3 is 15.2 Å². The van der Waals surface area contributed by atoms with Gasteiger partial charge in [-0.25, -0.2) is 4.79 Å². The number of hydrogen-bond acceptors (Lipinski definition) is 5. The van der Waals surface area contributed by atoms with Gasteiger partial charge in [0.2, 0.25) is 0 Å². The molecule has 24 heavy (non-hydrogen) atoms. The Bertz CT molecular complexity index is 699. The maximum atomic E-state index is 12.3. The zero-order valence-electron chi connectivity index (χ0n) is 13.6. The fourth-order valence-electron chi connectivity index (χ4n) is 3.18. The lowest BCUT2D eigenvalue weighted by molar-refractivity contribution is 0.247. The highest BCUT2D eigenvalue weighted by atomic mass is 32.1. The lowest BCUT2D eigenvalue weighted by Gasteiger charge is -2.16. The summed E-state index contributed by atoms with van der Waals surface area (Å²) >= 11 is 1.50. The van der Waals surface area contributed by atoms with Crippen molar-refractivity contribution in [1.29, 1.82) is 0 Å². The Kier molecular flexibility index (Phi) is 4.51. The zero-order valence-corrected chi connectivity index (χ0v) is 14.4. The summed E-state index contributed by atoms with van der Waals surface area (Å²) in [4.78, 5) is 17.6. The molecule has 0 spiro atoms. The second kappa shape index (κ2) is 6.93. The normalized spacial score (nSPS) is 19.0. The quantitative estimate of drug-likeness (QED) is 0.798. The van der Waals surface area contributed by atoms with Gasteiger partial charge in [-0.05, 0) is 37.1 Å². The molecule has 0 unspecified atom stereocenters. The number of anilines is 1. The van der Waals surface area contributed by atoms with Gasteiger partial charge in [-0.2, -0.15) is 4.98 Å². The van der Waals surface area contributed by atoms with Crippen LogP contribution in [-0.2, 0) is 0 Å². The number of nitrogens with one attached hydrogen (secondary N) is 2. The molecule has 4 rings (SSSR count). The monoisotopic (exact) mass is 346 g/mol. The molecule has 6 nitrogen and oxygen atoms in total. The topological polar surface area (TPSA) is 80.1 Å². The molecule has 2 saturated carbocycles. The Labute approximate surface area is 145 Å². The lowest BCUT2D eigenvalue weighted by Crippen LogP contribution is -2.37. The zero-order chi connectivity index (χ0) is 16.4. The van der Waals surface area contributed by atoms with Crippen molar-refractivity contribution in [3.8, 4) is 10.8 Å². The van der Waals surface area contributed by atoms with Gasteiger partial charge in [-0.15, -0.1) is 11.3 Å². The minimum atomic E-state index is -0.150. The highest BCUT2D eigenvalue weighted by Crippen LogP contribution is 2.40. The molecule has 2 aromatic rings. The summed E-state index contributed by atoms with van der Waals surface area (Å²) in [5, 5.41) is 12.0. The fourth-order valence-corrected chi connectivity index (χ4v) is 3.95. The molecular formula is C17H22N4O2S. The third-order valence-corrected chi connectivity index (χ3v) is 5.58. The molecule has 0 aliphatic heterocycles. The van der Waals surface area contributed by atoms with Gasteiger partial charge in [0, 0.05) is 12.0 Å². The molecule has 2 amide bonds. The molecular weight excluding hydrogens is 324 g/mol. The molecule has 2 fully saturated rings. The van der Waals surface area contributed by atoms with Crippen molar-refractivity contribution in [2.75, 3.05) is 5.32 Å². The van der Waals surface area contributed by atoms with E-state index in [0.717, 1.165) is 42.1 Å². The van der Waals surface area contributed by atoms with E-state index < -0.39 is 0 Å². The maximum absolute atomic E-state index is 12.3. The van der Waals surface area contributed by atoms with Crippen molar-refractivity contribution < 1.29 is 9.32 Å². The van der Waals surface area contributed by atoms with E-state index in [1.165, 1.54) is 37.0 Å². The first-order valence-electron chi connectivity index (χ1n) is 8.78. The van der Waals surface area contributed by atoms with E-state index in [1.54, 1.807) is 0 Å². The third kappa shape index (κ3) is 3.61. The van der Waals surface area contributed by atoms with Gasteiger partial charge in [0.1, 0.15) is 4.88 Å². The molecule has 2 aliphatic rings. The summed E-state index contributed by atoms with van der Waals surface area (Å²) in [7, 11) is 0. The average Bonchev–Trinajstić information content (AvgIpc) is 3.22. The van der Waals surface area contributed by atoms with E-state index in [1.807, 2.05) is 11.4 Å². The van der Waals surface area contributed by atoms with E-state index in [2.05, 4.69) is 20.8 Å². The van der Waals surface area contributed by atoms with E-state index >= 15 is 0 Å². The Morgan fingerprint density at radius 1 is 1.17 bits per heavy atom. The van der Waals surface area contributed by atoms with Crippen molar-refractivity contribution >= 4 is 23.1 Å². The van der Waals surface area contributed by atoms with Gasteiger partial charge in [0.15, 0.2) is 5.82 Å². The molecule has 2 N–H and O–H groups in total. The van der Waals surface area contributed by atoms with E-state index in [4.69, 9.17) is 4.52 Å². The van der Waals surface area contributed by atoms with Crippen LogP contribution in [0.25, 0.3) is 10.8 Å². The Hall–Kier alpha value is -1.89. The second-order valence-corrected chi connectivity index (χ2v) is 7.60. The summed E-state index contributed by atoms with van der Waals surface area (Å²) in [6, 6.07) is 2.01. The molecule has 0 saturated heterocycles. The van der Waals surface area contributed by atoms with Crippen molar-refractivity contribution in [1.82, 2.24) is 15.5 Å². The van der Waals surface area contributed by atoms with Crippen LogP contribution in [0.2, 0.25) is 0 Å². The van der Waals surface area contributed by atoms with Gasteiger partial charge in [-0.1, -0.05) is 30.8 Å². The van der Waals surface area contributed by atoms with Crippen molar-refractivity contribution in [3.05, 3.63) is 17.3 Å². The number of amides is 2. The molecule has 128 valence electrons. The van der Waals surface area contributed by atoms with Gasteiger partial charge in [0.05, 0.1) is 5.69 Å². The van der Waals surface area contributed by atoms with Crippen molar-refractivity contribution in [2.24, 2.45) is 0 Å². The molecule has 7 heteroatoms. The summed E-state index contributed by atoms with van der Waals surface area (Å²) < 4.78 is 5.38. The minimum Gasteiger partial charge on any atom is -0.335 e. The van der Waals surface area contributed by atoms with Crippen LogP contribution < -0.4 is 10.6 Å². The molecule has 0 bridgehead atoms. The summed E-state index contributed by atoms with van der Waals surface area (Å²) in [5.41, 5.74) is 0.733. The highest BCUT2D eigenvalue weighted by Gasteiger charge is 2.29. The van der Waals surface area contributed by atoms with Gasteiger partial charge in [0.25, 0.3) is 5.89 Å². The summed E-state index contributed by atoms with van der Waals surface area (Å²) in [6.07, 6.45) is 9.35. The summed E-state index contributed by atoms with van der Waals surface area (Å²) in [5.74, 6) is 1.74. The molecule has 0 radical (unpaired) electrons. The molecule has 2 heterocycles. The fraction of sp³-hybridized carbons (Fsp3) is 0.588. The van der Waals surface area contributed by atoms with Crippen LogP contribution in [0.4, 0.5) is 10.5 Å². The Balaban J connectivity index is 1.41. The first-order valence-corrected chi connectivity index (χ1v) is 9.66. The summed E-state index contributed by atoms with van der Waals surface area (Å²) in [6.45, 7) is 0.